The van der Waals surface area contributed by atoms with Crippen molar-refractivity contribution in [3.8, 4) is 0 Å². The Morgan fingerprint density at radius 2 is 1.90 bits per heavy atom. The predicted molar refractivity (Wildman–Crippen MR) is 94.4 cm³/mol. The van der Waals surface area contributed by atoms with Gasteiger partial charge in [0.2, 0.25) is 0 Å². The first-order chi connectivity index (χ1) is 9.81. The molecule has 2 rings (SSSR count). The number of halogens is 1. The van der Waals surface area contributed by atoms with E-state index in [1.807, 2.05) is 14.0 Å². The maximum Gasteiger partial charge on any atom is 0.138 e. The normalized spacial score (nSPS) is 11.5. The lowest BCUT2D eigenvalue weighted by molar-refractivity contribution is 0.546. The van der Waals surface area contributed by atoms with Crippen LogP contribution in [0, 0.1) is 6.92 Å². The summed E-state index contributed by atoms with van der Waals surface area (Å²) < 4.78 is 1.12. The lowest BCUT2D eigenvalue weighted by Crippen LogP contribution is -2.19. The Labute approximate surface area is 138 Å². The molecule has 0 aliphatic carbocycles. The lowest BCUT2D eigenvalue weighted by atomic mass is 9.95. The molecule has 21 heavy (non-hydrogen) atoms. The topological polar surface area (TPSA) is 49.8 Å². The highest BCUT2D eigenvalue weighted by Gasteiger charge is 2.20. The number of rotatable bonds is 4. The average Bonchev–Trinajstić information content (AvgIpc) is 2.82. The zero-order valence-electron chi connectivity index (χ0n) is 13.0. The van der Waals surface area contributed by atoms with Crippen molar-refractivity contribution in [2.24, 2.45) is 0 Å². The van der Waals surface area contributed by atoms with E-state index in [2.05, 4.69) is 63.8 Å². The second kappa shape index (κ2) is 6.32. The SMILES string of the molecule is CNc1nc(C(C)(C)C)nc(NCc2cc(Br)cs2)c1C. The number of thiophene rings is 1. The van der Waals surface area contributed by atoms with E-state index in [1.54, 1.807) is 11.3 Å². The molecule has 0 unspecified atom stereocenters. The van der Waals surface area contributed by atoms with E-state index in [-0.39, 0.29) is 5.41 Å². The number of nitrogens with one attached hydrogen (secondary N) is 2. The maximum absolute atomic E-state index is 4.70. The molecule has 0 aromatic carbocycles. The number of hydrogen-bond acceptors (Lipinski definition) is 5. The van der Waals surface area contributed by atoms with E-state index in [0.29, 0.717) is 0 Å². The minimum Gasteiger partial charge on any atom is -0.373 e. The van der Waals surface area contributed by atoms with Gasteiger partial charge in [-0.25, -0.2) is 9.97 Å². The molecule has 0 atom stereocenters. The number of hydrogen-bond donors (Lipinski definition) is 2. The minimum atomic E-state index is -0.0817. The summed E-state index contributed by atoms with van der Waals surface area (Å²) in [5.74, 6) is 2.61. The van der Waals surface area contributed by atoms with Crippen LogP contribution in [0.1, 0.15) is 37.0 Å². The largest absolute Gasteiger partial charge is 0.373 e. The zero-order valence-corrected chi connectivity index (χ0v) is 15.4. The van der Waals surface area contributed by atoms with Gasteiger partial charge in [-0.1, -0.05) is 20.8 Å². The number of aromatic nitrogens is 2. The number of anilines is 2. The van der Waals surface area contributed by atoms with Gasteiger partial charge in [-0.3, -0.25) is 0 Å². The summed E-state index contributed by atoms with van der Waals surface area (Å²) in [5.41, 5.74) is 0.961. The van der Waals surface area contributed by atoms with Crippen LogP contribution in [0.25, 0.3) is 0 Å². The van der Waals surface area contributed by atoms with Crippen LogP contribution in [0.4, 0.5) is 11.6 Å². The summed E-state index contributed by atoms with van der Waals surface area (Å²) in [6.45, 7) is 9.16. The molecule has 6 heteroatoms. The third kappa shape index (κ3) is 3.95. The van der Waals surface area contributed by atoms with Gasteiger partial charge in [0.15, 0.2) is 0 Å². The van der Waals surface area contributed by atoms with Gasteiger partial charge in [0.1, 0.15) is 17.5 Å². The van der Waals surface area contributed by atoms with Crippen molar-refractivity contribution < 1.29 is 0 Å². The molecule has 0 saturated heterocycles. The zero-order chi connectivity index (χ0) is 15.6. The molecule has 2 aromatic rings. The van der Waals surface area contributed by atoms with Crippen LogP contribution < -0.4 is 10.6 Å². The standard InChI is InChI=1S/C15H21BrN4S/c1-9-12(17-5)19-14(15(2,3)4)20-13(9)18-7-11-6-10(16)8-21-11/h6,8H,7H2,1-5H3,(H2,17,18,19,20). The van der Waals surface area contributed by atoms with Crippen LogP contribution in [0.5, 0.6) is 0 Å². The van der Waals surface area contributed by atoms with Crippen molar-refractivity contribution >= 4 is 38.9 Å². The maximum atomic E-state index is 4.70. The molecule has 0 spiro atoms. The Morgan fingerprint density at radius 1 is 1.24 bits per heavy atom. The van der Waals surface area contributed by atoms with Crippen LogP contribution in [0.2, 0.25) is 0 Å². The molecule has 4 nitrogen and oxygen atoms in total. The minimum absolute atomic E-state index is 0.0817. The Balaban J connectivity index is 2.28. The van der Waals surface area contributed by atoms with E-state index in [0.717, 1.165) is 34.0 Å². The summed E-state index contributed by atoms with van der Waals surface area (Å²) in [7, 11) is 1.89. The molecule has 2 aromatic heterocycles. The van der Waals surface area contributed by atoms with Gasteiger partial charge < -0.3 is 10.6 Å². The summed E-state index contributed by atoms with van der Waals surface area (Å²) in [4.78, 5) is 10.6. The average molecular weight is 369 g/mol. The Kier molecular flexibility index (Phi) is 4.88. The summed E-state index contributed by atoms with van der Waals surface area (Å²) in [5, 5.41) is 8.67. The molecule has 114 valence electrons. The third-order valence-corrected chi connectivity index (χ3v) is 4.80. The van der Waals surface area contributed by atoms with Crippen LogP contribution >= 0.6 is 27.3 Å². The summed E-state index contributed by atoms with van der Waals surface area (Å²) in [6.07, 6.45) is 0. The van der Waals surface area contributed by atoms with Crippen molar-refractivity contribution in [1.29, 1.82) is 0 Å². The molecule has 0 radical (unpaired) electrons. The summed E-state index contributed by atoms with van der Waals surface area (Å²) >= 11 is 5.21. The Morgan fingerprint density at radius 3 is 2.43 bits per heavy atom. The first kappa shape index (κ1) is 16.2. The number of nitrogens with zero attached hydrogens (tertiary/aromatic N) is 2. The van der Waals surface area contributed by atoms with Gasteiger partial charge in [0.25, 0.3) is 0 Å². The van der Waals surface area contributed by atoms with E-state index < -0.39 is 0 Å². The smallest absolute Gasteiger partial charge is 0.138 e. The van der Waals surface area contributed by atoms with Crippen molar-refractivity contribution in [3.05, 3.63) is 32.2 Å². The van der Waals surface area contributed by atoms with Crippen molar-refractivity contribution in [2.75, 3.05) is 17.7 Å². The van der Waals surface area contributed by atoms with Crippen LogP contribution in [0.15, 0.2) is 15.9 Å². The molecule has 2 heterocycles. The first-order valence-corrected chi connectivity index (χ1v) is 8.52. The highest BCUT2D eigenvalue weighted by Crippen LogP contribution is 2.27. The Hall–Kier alpha value is -1.14. The van der Waals surface area contributed by atoms with E-state index in [1.165, 1.54) is 4.88 Å². The van der Waals surface area contributed by atoms with Gasteiger partial charge in [-0.05, 0) is 28.9 Å². The quantitative estimate of drug-likeness (QED) is 0.830. The second-order valence-corrected chi connectivity index (χ2v) is 7.87. The monoisotopic (exact) mass is 368 g/mol. The van der Waals surface area contributed by atoms with Crippen LogP contribution in [-0.4, -0.2) is 17.0 Å². The van der Waals surface area contributed by atoms with Crippen molar-refractivity contribution in [3.63, 3.8) is 0 Å². The molecule has 0 bridgehead atoms. The molecule has 0 fully saturated rings. The highest BCUT2D eigenvalue weighted by molar-refractivity contribution is 9.10. The van der Waals surface area contributed by atoms with Gasteiger partial charge in [0, 0.05) is 32.8 Å². The van der Waals surface area contributed by atoms with E-state index in [9.17, 15) is 0 Å². The first-order valence-electron chi connectivity index (χ1n) is 6.85. The van der Waals surface area contributed by atoms with Gasteiger partial charge in [-0.15, -0.1) is 11.3 Å². The fourth-order valence-corrected chi connectivity index (χ4v) is 3.28. The van der Waals surface area contributed by atoms with E-state index in [4.69, 9.17) is 4.98 Å². The molecule has 2 N–H and O–H groups in total. The fraction of sp³-hybridized carbons (Fsp3) is 0.467. The highest BCUT2D eigenvalue weighted by atomic mass is 79.9. The molecule has 0 aliphatic rings. The molecule has 0 aliphatic heterocycles. The lowest BCUT2D eigenvalue weighted by Gasteiger charge is -2.20. The van der Waals surface area contributed by atoms with Crippen LogP contribution in [-0.2, 0) is 12.0 Å². The van der Waals surface area contributed by atoms with Gasteiger partial charge in [0.05, 0.1) is 6.54 Å². The molecular weight excluding hydrogens is 348 g/mol. The van der Waals surface area contributed by atoms with Crippen LogP contribution in [0.3, 0.4) is 0 Å². The van der Waals surface area contributed by atoms with E-state index >= 15 is 0 Å². The molecule has 0 saturated carbocycles. The predicted octanol–water partition coefficient (Wildman–Crippen LogP) is 4.56. The molecular formula is C15H21BrN4S. The third-order valence-electron chi connectivity index (χ3n) is 3.11. The summed E-state index contributed by atoms with van der Waals surface area (Å²) in [6, 6.07) is 2.12. The van der Waals surface area contributed by atoms with Gasteiger partial charge in [-0.2, -0.15) is 0 Å². The second-order valence-electron chi connectivity index (χ2n) is 5.95. The fourth-order valence-electron chi connectivity index (χ4n) is 1.88. The molecule has 0 amide bonds. The van der Waals surface area contributed by atoms with Crippen molar-refractivity contribution in [2.45, 2.75) is 39.7 Å². The Bertz CT molecular complexity index is 631. The van der Waals surface area contributed by atoms with Gasteiger partial charge >= 0.3 is 0 Å². The van der Waals surface area contributed by atoms with Crippen molar-refractivity contribution in [1.82, 2.24) is 9.97 Å².